The topological polar surface area (TPSA) is 57.1 Å². The Morgan fingerprint density at radius 1 is 1.12 bits per heavy atom. The van der Waals surface area contributed by atoms with Crippen molar-refractivity contribution in [3.63, 3.8) is 0 Å². The van der Waals surface area contributed by atoms with Gasteiger partial charge in [0.15, 0.2) is 0 Å². The fourth-order valence-electron chi connectivity index (χ4n) is 1.04. The van der Waals surface area contributed by atoms with Crippen molar-refractivity contribution >= 4 is 11.6 Å². The quantitative estimate of drug-likeness (QED) is 0.767. The van der Waals surface area contributed by atoms with Crippen LogP contribution in [0.4, 0.5) is 0 Å². The second kappa shape index (κ2) is 4.76. The van der Waals surface area contributed by atoms with E-state index in [2.05, 4.69) is 15.0 Å². The molecule has 0 N–H and O–H groups in total. The smallest absolute Gasteiger partial charge is 0.223 e. The van der Waals surface area contributed by atoms with Gasteiger partial charge in [-0.1, -0.05) is 11.6 Å². The molecular weight excluding hydrogens is 230 g/mol. The number of halogens is 1. The molecule has 0 aromatic carbocycles. The van der Waals surface area contributed by atoms with Crippen LogP contribution in [0.3, 0.4) is 0 Å². The number of rotatable bonds is 3. The molecule has 0 saturated carbocycles. The molecule has 0 saturated heterocycles. The molecule has 0 bridgehead atoms. The first-order valence-electron chi connectivity index (χ1n) is 4.43. The molecular formula is C10H8ClN3O2. The Morgan fingerprint density at radius 2 is 2.00 bits per heavy atom. The van der Waals surface area contributed by atoms with E-state index in [-0.39, 0.29) is 0 Å². The van der Waals surface area contributed by atoms with Gasteiger partial charge in [0, 0.05) is 12.1 Å². The third-order valence-electron chi connectivity index (χ3n) is 1.75. The second-order valence-electron chi connectivity index (χ2n) is 2.82. The molecule has 0 atom stereocenters. The van der Waals surface area contributed by atoms with Crippen molar-refractivity contribution in [2.45, 2.75) is 0 Å². The van der Waals surface area contributed by atoms with E-state index in [1.54, 1.807) is 19.2 Å². The van der Waals surface area contributed by atoms with Gasteiger partial charge < -0.3 is 9.47 Å². The van der Waals surface area contributed by atoms with Gasteiger partial charge in [0.05, 0.1) is 13.3 Å². The minimum Gasteiger partial charge on any atom is -0.481 e. The Balaban J connectivity index is 2.14. The van der Waals surface area contributed by atoms with E-state index in [0.29, 0.717) is 22.7 Å². The summed E-state index contributed by atoms with van der Waals surface area (Å²) < 4.78 is 10.3. The van der Waals surface area contributed by atoms with Crippen LogP contribution < -0.4 is 9.47 Å². The monoisotopic (exact) mass is 237 g/mol. The van der Waals surface area contributed by atoms with Crippen molar-refractivity contribution in [2.24, 2.45) is 0 Å². The van der Waals surface area contributed by atoms with Crippen LogP contribution in [-0.4, -0.2) is 22.1 Å². The molecule has 16 heavy (non-hydrogen) atoms. The number of hydrogen-bond donors (Lipinski definition) is 0. The lowest BCUT2D eigenvalue weighted by atomic mass is 10.4. The maximum absolute atomic E-state index is 5.69. The largest absolute Gasteiger partial charge is 0.481 e. The first-order valence-corrected chi connectivity index (χ1v) is 4.81. The van der Waals surface area contributed by atoms with Gasteiger partial charge in [-0.2, -0.15) is 0 Å². The first-order chi connectivity index (χ1) is 7.78. The van der Waals surface area contributed by atoms with Crippen LogP contribution in [-0.2, 0) is 0 Å². The van der Waals surface area contributed by atoms with E-state index in [1.165, 1.54) is 18.6 Å². The molecule has 0 fully saturated rings. The standard InChI is InChI=1S/C10H8ClN3O2/c1-15-9-3-2-7(5-12-9)16-10-4-8(11)13-6-14-10/h2-6H,1H3. The summed E-state index contributed by atoms with van der Waals surface area (Å²) in [4.78, 5) is 11.6. The fraction of sp³-hybridized carbons (Fsp3) is 0.100. The summed E-state index contributed by atoms with van der Waals surface area (Å²) in [6.45, 7) is 0. The Morgan fingerprint density at radius 3 is 2.62 bits per heavy atom. The normalized spacial score (nSPS) is 9.88. The highest BCUT2D eigenvalue weighted by Gasteiger charge is 2.01. The SMILES string of the molecule is COc1ccc(Oc2cc(Cl)ncn2)cn1. The van der Waals surface area contributed by atoms with E-state index in [0.717, 1.165) is 0 Å². The molecule has 0 aliphatic heterocycles. The minimum absolute atomic E-state index is 0.325. The highest BCUT2D eigenvalue weighted by Crippen LogP contribution is 2.21. The van der Waals surface area contributed by atoms with Crippen LogP contribution >= 0.6 is 11.6 Å². The molecule has 0 amide bonds. The van der Waals surface area contributed by atoms with Crippen molar-refractivity contribution < 1.29 is 9.47 Å². The molecule has 2 aromatic rings. The molecule has 0 aliphatic carbocycles. The summed E-state index contributed by atoms with van der Waals surface area (Å²) in [6, 6.07) is 4.94. The zero-order valence-corrected chi connectivity index (χ0v) is 9.18. The molecule has 6 heteroatoms. The molecule has 0 aliphatic rings. The summed E-state index contributed by atoms with van der Waals surface area (Å²) >= 11 is 5.69. The van der Waals surface area contributed by atoms with Crippen LogP contribution in [0.1, 0.15) is 0 Å². The number of aromatic nitrogens is 3. The summed E-state index contributed by atoms with van der Waals surface area (Å²) in [5.74, 6) is 1.44. The lowest BCUT2D eigenvalue weighted by molar-refractivity contribution is 0.394. The average Bonchev–Trinajstić information content (AvgIpc) is 2.30. The van der Waals surface area contributed by atoms with Crippen LogP contribution in [0.5, 0.6) is 17.5 Å². The molecule has 0 unspecified atom stereocenters. The number of methoxy groups -OCH3 is 1. The Labute approximate surface area is 97.0 Å². The maximum Gasteiger partial charge on any atom is 0.223 e. The van der Waals surface area contributed by atoms with E-state index in [9.17, 15) is 0 Å². The molecule has 5 nitrogen and oxygen atoms in total. The van der Waals surface area contributed by atoms with Crippen molar-refractivity contribution in [3.05, 3.63) is 35.9 Å². The van der Waals surface area contributed by atoms with Crippen molar-refractivity contribution in [2.75, 3.05) is 7.11 Å². The number of pyridine rings is 1. The first kappa shape index (κ1) is 10.6. The van der Waals surface area contributed by atoms with Crippen molar-refractivity contribution in [3.8, 4) is 17.5 Å². The van der Waals surface area contributed by atoms with Crippen LogP contribution in [0.15, 0.2) is 30.7 Å². The molecule has 0 radical (unpaired) electrons. The predicted octanol–water partition coefficient (Wildman–Crippen LogP) is 2.33. The Bertz CT molecular complexity index is 476. The van der Waals surface area contributed by atoms with Crippen LogP contribution in [0.25, 0.3) is 0 Å². The summed E-state index contributed by atoms with van der Waals surface area (Å²) in [5.41, 5.74) is 0. The predicted molar refractivity (Wildman–Crippen MR) is 57.9 cm³/mol. The number of hydrogen-bond acceptors (Lipinski definition) is 5. The zero-order chi connectivity index (χ0) is 11.4. The highest BCUT2D eigenvalue weighted by molar-refractivity contribution is 6.29. The number of ether oxygens (including phenoxy) is 2. The Hall–Kier alpha value is -1.88. The summed E-state index contributed by atoms with van der Waals surface area (Å²) in [7, 11) is 1.55. The summed E-state index contributed by atoms with van der Waals surface area (Å²) in [5, 5.41) is 0.325. The fourth-order valence-corrected chi connectivity index (χ4v) is 1.18. The van der Waals surface area contributed by atoms with Gasteiger partial charge in [-0.25, -0.2) is 15.0 Å². The van der Waals surface area contributed by atoms with E-state index in [4.69, 9.17) is 21.1 Å². The van der Waals surface area contributed by atoms with Gasteiger partial charge in [-0.15, -0.1) is 0 Å². The number of nitrogens with zero attached hydrogens (tertiary/aromatic N) is 3. The van der Waals surface area contributed by atoms with Gasteiger partial charge in [0.1, 0.15) is 17.2 Å². The molecule has 2 rings (SSSR count). The Kier molecular flexibility index (Phi) is 3.16. The van der Waals surface area contributed by atoms with Gasteiger partial charge in [0.2, 0.25) is 11.8 Å². The minimum atomic E-state index is 0.325. The molecule has 2 aromatic heterocycles. The lowest BCUT2D eigenvalue weighted by Crippen LogP contribution is -1.91. The highest BCUT2D eigenvalue weighted by atomic mass is 35.5. The second-order valence-corrected chi connectivity index (χ2v) is 3.20. The zero-order valence-electron chi connectivity index (χ0n) is 8.42. The van der Waals surface area contributed by atoms with Gasteiger partial charge >= 0.3 is 0 Å². The van der Waals surface area contributed by atoms with Crippen molar-refractivity contribution in [1.82, 2.24) is 15.0 Å². The summed E-state index contributed by atoms with van der Waals surface area (Å²) in [6.07, 6.45) is 2.86. The lowest BCUT2D eigenvalue weighted by Gasteiger charge is -2.04. The molecule has 2 heterocycles. The third-order valence-corrected chi connectivity index (χ3v) is 1.96. The maximum atomic E-state index is 5.69. The van der Waals surface area contributed by atoms with Gasteiger partial charge in [-0.3, -0.25) is 0 Å². The molecule has 82 valence electrons. The van der Waals surface area contributed by atoms with Crippen LogP contribution in [0.2, 0.25) is 5.15 Å². The van der Waals surface area contributed by atoms with E-state index < -0.39 is 0 Å². The van der Waals surface area contributed by atoms with Crippen LogP contribution in [0, 0.1) is 0 Å². The molecule has 0 spiro atoms. The van der Waals surface area contributed by atoms with E-state index in [1.807, 2.05) is 0 Å². The van der Waals surface area contributed by atoms with Crippen molar-refractivity contribution in [1.29, 1.82) is 0 Å². The average molecular weight is 238 g/mol. The third kappa shape index (κ3) is 2.58. The van der Waals surface area contributed by atoms with E-state index >= 15 is 0 Å². The van der Waals surface area contributed by atoms with Gasteiger partial charge in [-0.05, 0) is 6.07 Å². The van der Waals surface area contributed by atoms with Gasteiger partial charge in [0.25, 0.3) is 0 Å².